The first-order valence-corrected chi connectivity index (χ1v) is 6.41. The van der Waals surface area contributed by atoms with E-state index in [0.29, 0.717) is 5.56 Å². The van der Waals surface area contributed by atoms with Crippen LogP contribution in [0.4, 0.5) is 0 Å². The number of nitriles is 1. The Balaban J connectivity index is 2.65. The lowest BCUT2D eigenvalue weighted by Crippen LogP contribution is -2.27. The third-order valence-electron chi connectivity index (χ3n) is 3.22. The molecule has 1 aliphatic rings. The van der Waals surface area contributed by atoms with E-state index in [-0.39, 0.29) is 29.4 Å². The van der Waals surface area contributed by atoms with Gasteiger partial charge in [-0.15, -0.1) is 0 Å². The van der Waals surface area contributed by atoms with Crippen molar-refractivity contribution in [3.8, 4) is 6.07 Å². The summed E-state index contributed by atoms with van der Waals surface area (Å²) in [5.74, 6) is -1.11. The SMILES string of the molecule is COCC1=C(C(=O)OC)[C@@H](c2ccncc2)C(C#N)=C(N)O1. The van der Waals surface area contributed by atoms with Gasteiger partial charge < -0.3 is 19.9 Å². The summed E-state index contributed by atoms with van der Waals surface area (Å²) in [6.07, 6.45) is 3.14. The van der Waals surface area contributed by atoms with Gasteiger partial charge in [0.05, 0.1) is 18.6 Å². The molecule has 1 aromatic rings. The highest BCUT2D eigenvalue weighted by Crippen LogP contribution is 2.39. The van der Waals surface area contributed by atoms with Crippen LogP contribution in [-0.2, 0) is 19.0 Å². The maximum atomic E-state index is 12.2. The van der Waals surface area contributed by atoms with E-state index in [1.807, 2.05) is 6.07 Å². The highest BCUT2D eigenvalue weighted by atomic mass is 16.5. The third kappa shape index (κ3) is 2.77. The molecule has 0 fully saturated rings. The number of aromatic nitrogens is 1. The minimum absolute atomic E-state index is 0.0332. The van der Waals surface area contributed by atoms with Gasteiger partial charge in [-0.2, -0.15) is 5.26 Å². The quantitative estimate of drug-likeness (QED) is 0.825. The van der Waals surface area contributed by atoms with Gasteiger partial charge in [0.15, 0.2) is 0 Å². The zero-order valence-electron chi connectivity index (χ0n) is 12.2. The Morgan fingerprint density at radius 2 is 2.14 bits per heavy atom. The molecule has 0 aromatic carbocycles. The van der Waals surface area contributed by atoms with Gasteiger partial charge >= 0.3 is 5.97 Å². The summed E-state index contributed by atoms with van der Waals surface area (Å²) in [5.41, 5.74) is 6.85. The van der Waals surface area contributed by atoms with Crippen molar-refractivity contribution in [1.29, 1.82) is 5.26 Å². The number of ether oxygens (including phenoxy) is 3. The van der Waals surface area contributed by atoms with E-state index in [1.165, 1.54) is 14.2 Å². The summed E-state index contributed by atoms with van der Waals surface area (Å²) in [5, 5.41) is 9.39. The van der Waals surface area contributed by atoms with Gasteiger partial charge in [-0.1, -0.05) is 0 Å². The van der Waals surface area contributed by atoms with Crippen LogP contribution in [0, 0.1) is 11.3 Å². The fraction of sp³-hybridized carbons (Fsp3) is 0.267. The van der Waals surface area contributed by atoms with Crippen LogP contribution in [-0.4, -0.2) is 31.8 Å². The van der Waals surface area contributed by atoms with Gasteiger partial charge in [-0.25, -0.2) is 4.79 Å². The molecule has 7 nitrogen and oxygen atoms in total. The Morgan fingerprint density at radius 3 is 2.68 bits per heavy atom. The predicted molar refractivity (Wildman–Crippen MR) is 75.8 cm³/mol. The molecule has 0 amide bonds. The molecule has 1 aromatic heterocycles. The molecule has 22 heavy (non-hydrogen) atoms. The number of nitrogens with two attached hydrogens (primary N) is 1. The van der Waals surface area contributed by atoms with Gasteiger partial charge in [0.25, 0.3) is 0 Å². The molecule has 1 aliphatic heterocycles. The first-order chi connectivity index (χ1) is 10.6. The van der Waals surface area contributed by atoms with Crippen molar-refractivity contribution in [2.75, 3.05) is 20.8 Å². The maximum Gasteiger partial charge on any atom is 0.338 e. The van der Waals surface area contributed by atoms with Crippen molar-refractivity contribution in [3.63, 3.8) is 0 Å². The number of esters is 1. The molecule has 0 saturated heterocycles. The van der Waals surface area contributed by atoms with Crippen LogP contribution in [0.1, 0.15) is 11.5 Å². The van der Waals surface area contributed by atoms with Crippen LogP contribution >= 0.6 is 0 Å². The molecule has 0 radical (unpaired) electrons. The van der Waals surface area contributed by atoms with Crippen molar-refractivity contribution in [2.45, 2.75) is 5.92 Å². The predicted octanol–water partition coefficient (Wildman–Crippen LogP) is 0.963. The summed E-state index contributed by atoms with van der Waals surface area (Å²) < 4.78 is 15.3. The number of allylic oxidation sites excluding steroid dienone is 1. The first-order valence-electron chi connectivity index (χ1n) is 6.41. The van der Waals surface area contributed by atoms with Crippen LogP contribution < -0.4 is 5.73 Å². The van der Waals surface area contributed by atoms with E-state index >= 15 is 0 Å². The summed E-state index contributed by atoms with van der Waals surface area (Å²) in [6, 6.07) is 5.41. The minimum Gasteiger partial charge on any atom is -0.466 e. The molecule has 2 rings (SSSR count). The first kappa shape index (κ1) is 15.5. The van der Waals surface area contributed by atoms with Gasteiger partial charge in [0.1, 0.15) is 24.0 Å². The second-order valence-corrected chi connectivity index (χ2v) is 4.47. The number of carbonyl (C=O) groups is 1. The van der Waals surface area contributed by atoms with Crippen LogP contribution in [0.3, 0.4) is 0 Å². The van der Waals surface area contributed by atoms with E-state index in [1.54, 1.807) is 24.5 Å². The fourth-order valence-electron chi connectivity index (χ4n) is 2.28. The zero-order chi connectivity index (χ0) is 16.1. The van der Waals surface area contributed by atoms with Crippen LogP contribution in [0.15, 0.2) is 47.3 Å². The lowest BCUT2D eigenvalue weighted by Gasteiger charge is -2.27. The summed E-state index contributed by atoms with van der Waals surface area (Å²) in [6.45, 7) is 0.0332. The average Bonchev–Trinajstić information content (AvgIpc) is 2.54. The standard InChI is InChI=1S/C15H15N3O4/c1-20-8-11-13(15(19)21-2)12(9-3-5-18-6-4-9)10(7-16)14(17)22-11/h3-6,12H,8,17H2,1-2H3/t12-/m0/s1. The highest BCUT2D eigenvalue weighted by Gasteiger charge is 2.37. The number of rotatable bonds is 4. The average molecular weight is 301 g/mol. The fourth-order valence-corrected chi connectivity index (χ4v) is 2.28. The number of hydrogen-bond donors (Lipinski definition) is 1. The monoisotopic (exact) mass is 301 g/mol. The Kier molecular flexibility index (Phi) is 4.76. The molecule has 2 heterocycles. The zero-order valence-corrected chi connectivity index (χ0v) is 12.2. The molecule has 0 bridgehead atoms. The van der Waals surface area contributed by atoms with Crippen LogP contribution in [0.5, 0.6) is 0 Å². The summed E-state index contributed by atoms with van der Waals surface area (Å²) in [4.78, 5) is 16.1. The largest absolute Gasteiger partial charge is 0.466 e. The minimum atomic E-state index is -0.681. The van der Waals surface area contributed by atoms with Crippen LogP contribution in [0.25, 0.3) is 0 Å². The molecule has 0 unspecified atom stereocenters. The number of methoxy groups -OCH3 is 2. The molecule has 114 valence electrons. The van der Waals surface area contributed by atoms with E-state index < -0.39 is 11.9 Å². The number of carbonyl (C=O) groups excluding carboxylic acids is 1. The topological polar surface area (TPSA) is 107 Å². The molecule has 0 aliphatic carbocycles. The lowest BCUT2D eigenvalue weighted by molar-refractivity contribution is -0.136. The molecule has 7 heteroatoms. The van der Waals surface area contributed by atoms with Crippen molar-refractivity contribution < 1.29 is 19.0 Å². The van der Waals surface area contributed by atoms with Crippen LogP contribution in [0.2, 0.25) is 0 Å². The molecular weight excluding hydrogens is 286 g/mol. The van der Waals surface area contributed by atoms with E-state index in [4.69, 9.17) is 19.9 Å². The summed E-state index contributed by atoms with van der Waals surface area (Å²) >= 11 is 0. The van der Waals surface area contributed by atoms with Gasteiger partial charge in [0.2, 0.25) is 5.88 Å². The molecule has 2 N–H and O–H groups in total. The molecule has 0 saturated carbocycles. The Bertz CT molecular complexity index is 674. The van der Waals surface area contributed by atoms with Gasteiger partial charge in [-0.3, -0.25) is 4.98 Å². The number of nitrogens with zero attached hydrogens (tertiary/aromatic N) is 2. The highest BCUT2D eigenvalue weighted by molar-refractivity contribution is 5.92. The van der Waals surface area contributed by atoms with E-state index in [9.17, 15) is 10.1 Å². The van der Waals surface area contributed by atoms with E-state index in [2.05, 4.69) is 4.98 Å². The summed E-state index contributed by atoms with van der Waals surface area (Å²) in [7, 11) is 2.73. The lowest BCUT2D eigenvalue weighted by atomic mass is 9.83. The normalized spacial score (nSPS) is 17.8. The van der Waals surface area contributed by atoms with Crippen molar-refractivity contribution >= 4 is 5.97 Å². The van der Waals surface area contributed by atoms with Gasteiger partial charge in [0, 0.05) is 19.5 Å². The third-order valence-corrected chi connectivity index (χ3v) is 3.22. The van der Waals surface area contributed by atoms with E-state index in [0.717, 1.165) is 0 Å². The maximum absolute atomic E-state index is 12.2. The van der Waals surface area contributed by atoms with Crippen molar-refractivity contribution in [2.24, 2.45) is 5.73 Å². The number of pyridine rings is 1. The second kappa shape index (κ2) is 6.74. The molecular formula is C15H15N3O4. The van der Waals surface area contributed by atoms with Crippen molar-refractivity contribution in [1.82, 2.24) is 4.98 Å². The Morgan fingerprint density at radius 1 is 1.45 bits per heavy atom. The second-order valence-electron chi connectivity index (χ2n) is 4.47. The molecule has 0 spiro atoms. The van der Waals surface area contributed by atoms with Gasteiger partial charge in [-0.05, 0) is 17.7 Å². The number of hydrogen-bond acceptors (Lipinski definition) is 7. The smallest absolute Gasteiger partial charge is 0.338 e. The Labute approximate surface area is 127 Å². The molecule has 1 atom stereocenters. The Hall–Kier alpha value is -2.85. The van der Waals surface area contributed by atoms with Crippen molar-refractivity contribution in [3.05, 3.63) is 52.9 Å².